The number of aromatic amines is 1. The van der Waals surface area contributed by atoms with Crippen LogP contribution >= 0.6 is 15.9 Å². The predicted molar refractivity (Wildman–Crippen MR) is 75.8 cm³/mol. The molecule has 1 aromatic heterocycles. The Morgan fingerprint density at radius 2 is 2.00 bits per heavy atom. The topological polar surface area (TPSA) is 49.0 Å². The van der Waals surface area contributed by atoms with Crippen LogP contribution in [0.3, 0.4) is 0 Å². The summed E-state index contributed by atoms with van der Waals surface area (Å²) in [6.07, 6.45) is 1.41. The minimum absolute atomic E-state index is 0.171. The number of hydrogen-bond acceptors (Lipinski definition) is 3. The van der Waals surface area contributed by atoms with Gasteiger partial charge in [0.2, 0.25) is 0 Å². The van der Waals surface area contributed by atoms with Gasteiger partial charge in [-0.2, -0.15) is 0 Å². The zero-order chi connectivity index (χ0) is 13.1. The molecule has 2 aromatic rings. The largest absolute Gasteiger partial charge is 0.354 e. The predicted octanol–water partition coefficient (Wildman–Crippen LogP) is 2.48. The third-order valence-electron chi connectivity index (χ3n) is 2.68. The molecule has 94 valence electrons. The molecule has 0 saturated heterocycles. The molecule has 0 amide bonds. The SMILES string of the molecule is Cc1ccc(CN(C)c2nc[nH]c(=O)c2Br)cc1. The molecule has 0 radical (unpaired) electrons. The molecule has 0 fully saturated rings. The summed E-state index contributed by atoms with van der Waals surface area (Å²) < 4.78 is 0.458. The second-order valence-corrected chi connectivity index (χ2v) is 5.00. The first-order valence-electron chi connectivity index (χ1n) is 5.58. The first-order chi connectivity index (χ1) is 8.58. The second-order valence-electron chi connectivity index (χ2n) is 4.21. The summed E-state index contributed by atoms with van der Waals surface area (Å²) in [6.45, 7) is 2.76. The van der Waals surface area contributed by atoms with Crippen molar-refractivity contribution in [3.8, 4) is 0 Å². The van der Waals surface area contributed by atoms with E-state index in [0.717, 1.165) is 0 Å². The summed E-state index contributed by atoms with van der Waals surface area (Å²) in [4.78, 5) is 20.1. The third kappa shape index (κ3) is 2.79. The van der Waals surface area contributed by atoms with Crippen LogP contribution in [0.15, 0.2) is 39.9 Å². The summed E-state index contributed by atoms with van der Waals surface area (Å²) in [5.41, 5.74) is 2.24. The molecular weight excluding hydrogens is 294 g/mol. The average molecular weight is 308 g/mol. The van der Waals surface area contributed by atoms with Crippen molar-refractivity contribution in [3.05, 3.63) is 56.5 Å². The summed E-state index contributed by atoms with van der Waals surface area (Å²) >= 11 is 3.26. The minimum Gasteiger partial charge on any atom is -0.354 e. The van der Waals surface area contributed by atoms with E-state index in [4.69, 9.17) is 0 Å². The molecule has 0 aliphatic heterocycles. The van der Waals surface area contributed by atoms with E-state index in [1.54, 1.807) is 0 Å². The molecule has 2 rings (SSSR count). The highest BCUT2D eigenvalue weighted by Crippen LogP contribution is 2.19. The van der Waals surface area contributed by atoms with Crippen molar-refractivity contribution in [2.75, 3.05) is 11.9 Å². The second kappa shape index (κ2) is 5.35. The summed E-state index contributed by atoms with van der Waals surface area (Å²) in [7, 11) is 1.91. The number of anilines is 1. The average Bonchev–Trinajstić information content (AvgIpc) is 2.35. The Morgan fingerprint density at radius 1 is 1.33 bits per heavy atom. The molecular formula is C13H14BrN3O. The lowest BCUT2D eigenvalue weighted by Crippen LogP contribution is -2.21. The van der Waals surface area contributed by atoms with Crippen LogP contribution in [0.1, 0.15) is 11.1 Å². The minimum atomic E-state index is -0.171. The lowest BCUT2D eigenvalue weighted by atomic mass is 10.1. The fourth-order valence-corrected chi connectivity index (χ4v) is 2.20. The van der Waals surface area contributed by atoms with Gasteiger partial charge in [-0.3, -0.25) is 4.79 Å². The molecule has 5 heteroatoms. The molecule has 0 aliphatic rings. The van der Waals surface area contributed by atoms with E-state index in [2.05, 4.69) is 57.1 Å². The van der Waals surface area contributed by atoms with E-state index in [1.807, 2.05) is 11.9 Å². The molecule has 0 bridgehead atoms. The lowest BCUT2D eigenvalue weighted by molar-refractivity contribution is 0.880. The maximum atomic E-state index is 11.5. The van der Waals surface area contributed by atoms with E-state index < -0.39 is 0 Å². The molecule has 4 nitrogen and oxygen atoms in total. The fraction of sp³-hybridized carbons (Fsp3) is 0.231. The van der Waals surface area contributed by atoms with E-state index in [1.165, 1.54) is 17.5 Å². The highest BCUT2D eigenvalue weighted by molar-refractivity contribution is 9.10. The molecule has 0 aliphatic carbocycles. The van der Waals surface area contributed by atoms with E-state index in [0.29, 0.717) is 16.8 Å². The zero-order valence-electron chi connectivity index (χ0n) is 10.3. The molecule has 0 saturated carbocycles. The van der Waals surface area contributed by atoms with Crippen LogP contribution in [0, 0.1) is 6.92 Å². The van der Waals surface area contributed by atoms with Crippen molar-refractivity contribution in [3.63, 3.8) is 0 Å². The quantitative estimate of drug-likeness (QED) is 0.947. The Bertz CT molecular complexity index is 592. The Balaban J connectivity index is 2.22. The molecule has 1 N–H and O–H groups in total. The van der Waals surface area contributed by atoms with E-state index in [9.17, 15) is 4.79 Å². The van der Waals surface area contributed by atoms with Crippen LogP contribution in [-0.2, 0) is 6.54 Å². The first kappa shape index (κ1) is 12.8. The monoisotopic (exact) mass is 307 g/mol. The van der Waals surface area contributed by atoms with Crippen LogP contribution in [0.4, 0.5) is 5.82 Å². The van der Waals surface area contributed by atoms with Gasteiger partial charge >= 0.3 is 0 Å². The number of halogens is 1. The van der Waals surface area contributed by atoms with Crippen LogP contribution < -0.4 is 10.5 Å². The van der Waals surface area contributed by atoms with E-state index >= 15 is 0 Å². The third-order valence-corrected chi connectivity index (χ3v) is 3.39. The maximum Gasteiger partial charge on any atom is 0.267 e. The number of hydrogen-bond donors (Lipinski definition) is 1. The number of nitrogens with zero attached hydrogens (tertiary/aromatic N) is 2. The van der Waals surface area contributed by atoms with Crippen molar-refractivity contribution in [1.29, 1.82) is 0 Å². The summed E-state index contributed by atoms with van der Waals surface area (Å²) in [5.74, 6) is 0.638. The Kier molecular flexibility index (Phi) is 3.81. The van der Waals surface area contributed by atoms with Gasteiger partial charge in [-0.1, -0.05) is 29.8 Å². The Hall–Kier alpha value is -1.62. The Morgan fingerprint density at radius 3 is 2.67 bits per heavy atom. The maximum absolute atomic E-state index is 11.5. The molecule has 1 aromatic carbocycles. The first-order valence-corrected chi connectivity index (χ1v) is 6.37. The van der Waals surface area contributed by atoms with Gasteiger partial charge in [-0.05, 0) is 28.4 Å². The number of aryl methyl sites for hydroxylation is 1. The standard InChI is InChI=1S/C13H14BrN3O/c1-9-3-5-10(6-4-9)7-17(2)12-11(14)13(18)16-8-15-12/h3-6,8H,7H2,1-2H3,(H,15,16,18). The molecule has 18 heavy (non-hydrogen) atoms. The van der Waals surface area contributed by atoms with Gasteiger partial charge < -0.3 is 9.88 Å². The van der Waals surface area contributed by atoms with Crippen molar-refractivity contribution in [1.82, 2.24) is 9.97 Å². The van der Waals surface area contributed by atoms with Crippen LogP contribution in [0.2, 0.25) is 0 Å². The van der Waals surface area contributed by atoms with Gasteiger partial charge in [0.15, 0.2) is 0 Å². The Labute approximate surface area is 114 Å². The van der Waals surface area contributed by atoms with E-state index in [-0.39, 0.29) is 5.56 Å². The molecule has 0 atom stereocenters. The fourth-order valence-electron chi connectivity index (χ4n) is 1.68. The van der Waals surface area contributed by atoms with Crippen LogP contribution in [0.5, 0.6) is 0 Å². The van der Waals surface area contributed by atoms with Crippen LogP contribution in [-0.4, -0.2) is 17.0 Å². The van der Waals surface area contributed by atoms with Crippen molar-refractivity contribution in [2.24, 2.45) is 0 Å². The molecule has 0 spiro atoms. The molecule has 1 heterocycles. The van der Waals surface area contributed by atoms with Crippen molar-refractivity contribution in [2.45, 2.75) is 13.5 Å². The number of H-pyrrole nitrogens is 1. The van der Waals surface area contributed by atoms with Gasteiger partial charge in [-0.25, -0.2) is 4.98 Å². The van der Waals surface area contributed by atoms with Gasteiger partial charge in [0.05, 0.1) is 6.33 Å². The van der Waals surface area contributed by atoms with Gasteiger partial charge in [0.25, 0.3) is 5.56 Å². The lowest BCUT2D eigenvalue weighted by Gasteiger charge is -2.18. The number of aromatic nitrogens is 2. The van der Waals surface area contributed by atoms with Crippen molar-refractivity contribution >= 4 is 21.7 Å². The summed E-state index contributed by atoms with van der Waals surface area (Å²) in [6, 6.07) is 8.30. The molecule has 0 unspecified atom stereocenters. The smallest absolute Gasteiger partial charge is 0.267 e. The summed E-state index contributed by atoms with van der Waals surface area (Å²) in [5, 5.41) is 0. The highest BCUT2D eigenvalue weighted by atomic mass is 79.9. The number of nitrogens with one attached hydrogen (secondary N) is 1. The number of benzene rings is 1. The van der Waals surface area contributed by atoms with Crippen LogP contribution in [0.25, 0.3) is 0 Å². The highest BCUT2D eigenvalue weighted by Gasteiger charge is 2.10. The number of rotatable bonds is 3. The zero-order valence-corrected chi connectivity index (χ0v) is 11.9. The van der Waals surface area contributed by atoms with Gasteiger partial charge in [0, 0.05) is 13.6 Å². The van der Waals surface area contributed by atoms with Crippen molar-refractivity contribution < 1.29 is 0 Å². The normalized spacial score (nSPS) is 10.4. The van der Waals surface area contributed by atoms with Gasteiger partial charge in [0.1, 0.15) is 10.3 Å². The van der Waals surface area contributed by atoms with Gasteiger partial charge in [-0.15, -0.1) is 0 Å².